The second-order valence-corrected chi connectivity index (χ2v) is 13.9. The number of nitrogens with one attached hydrogen (secondary N) is 2. The number of unbranched alkanes of at least 4 members (excludes halogenated alkanes) is 4. The van der Waals surface area contributed by atoms with Crippen molar-refractivity contribution in [2.75, 3.05) is 11.5 Å². The van der Waals surface area contributed by atoms with Crippen LogP contribution in [0, 0.1) is 5.92 Å². The van der Waals surface area contributed by atoms with E-state index in [1.54, 1.807) is 13.0 Å². The van der Waals surface area contributed by atoms with Crippen molar-refractivity contribution in [3.8, 4) is 0 Å². The van der Waals surface area contributed by atoms with Gasteiger partial charge < -0.3 is 15.4 Å². The summed E-state index contributed by atoms with van der Waals surface area (Å²) in [5, 5.41) is 9.17. The molecule has 0 radical (unpaired) electrons. The number of allylic oxidation sites excluding steroid dienone is 1. The van der Waals surface area contributed by atoms with Crippen molar-refractivity contribution in [1.29, 1.82) is 0 Å². The second kappa shape index (κ2) is 16.5. The molecule has 0 aliphatic carbocycles. The van der Waals surface area contributed by atoms with Crippen LogP contribution in [0.2, 0.25) is 0 Å². The molecule has 1 aromatic rings. The first-order chi connectivity index (χ1) is 19.6. The van der Waals surface area contributed by atoms with Crippen LogP contribution in [0.3, 0.4) is 0 Å². The van der Waals surface area contributed by atoms with E-state index < -0.39 is 23.7 Å². The zero-order valence-electron chi connectivity index (χ0n) is 24.4. The lowest BCUT2D eigenvalue weighted by Gasteiger charge is -2.27. The van der Waals surface area contributed by atoms with Crippen LogP contribution in [-0.2, 0) is 30.5 Å². The Morgan fingerprint density at radius 3 is 2.78 bits per heavy atom. The Kier molecular flexibility index (Phi) is 13.4. The van der Waals surface area contributed by atoms with Crippen molar-refractivity contribution < 1.29 is 23.9 Å². The summed E-state index contributed by atoms with van der Waals surface area (Å²) in [6.07, 6.45) is 9.42. The molecule has 2 unspecified atom stereocenters. The van der Waals surface area contributed by atoms with Crippen LogP contribution in [-0.4, -0.2) is 62.1 Å². The lowest BCUT2D eigenvalue weighted by molar-refractivity contribution is -0.153. The first-order valence-corrected chi connectivity index (χ1v) is 17.2. The number of aromatic nitrogens is 1. The molecule has 2 aliphatic heterocycles. The number of rotatable bonds is 11. The van der Waals surface area contributed by atoms with Gasteiger partial charge in [0.2, 0.25) is 11.8 Å². The molecule has 0 aromatic carbocycles. The summed E-state index contributed by atoms with van der Waals surface area (Å²) in [6.45, 7) is 7.83. The Morgan fingerprint density at radius 1 is 1.24 bits per heavy atom. The first-order valence-electron chi connectivity index (χ1n) is 14.4. The molecule has 226 valence electrons. The van der Waals surface area contributed by atoms with Crippen molar-refractivity contribution in [3.63, 3.8) is 0 Å². The number of aliphatic imine (C=N–C) groups is 1. The topological polar surface area (TPSA) is 127 Å². The summed E-state index contributed by atoms with van der Waals surface area (Å²) in [7, 11) is 0. The summed E-state index contributed by atoms with van der Waals surface area (Å²) < 4.78 is 5.77. The number of thiazole rings is 1. The van der Waals surface area contributed by atoms with E-state index in [1.807, 2.05) is 25.3 Å². The average molecular weight is 623 g/mol. The highest BCUT2D eigenvalue weighted by Gasteiger charge is 2.41. The largest absolute Gasteiger partial charge is 0.456 e. The number of thioether (sulfide) groups is 2. The van der Waals surface area contributed by atoms with Crippen LogP contribution < -0.4 is 10.6 Å². The van der Waals surface area contributed by atoms with Crippen LogP contribution in [0.1, 0.15) is 89.8 Å². The summed E-state index contributed by atoms with van der Waals surface area (Å²) in [5.74, 6) is -0.424. The predicted molar refractivity (Wildman–Crippen MR) is 167 cm³/mol. The molecule has 0 fully saturated rings. The molecule has 2 aliphatic rings. The van der Waals surface area contributed by atoms with Crippen LogP contribution in [0.25, 0.3) is 0 Å². The first kappa shape index (κ1) is 33.3. The lowest BCUT2D eigenvalue weighted by atomic mass is 10.0. The number of ether oxygens (including phenoxy) is 1. The van der Waals surface area contributed by atoms with Crippen molar-refractivity contribution in [1.82, 2.24) is 15.6 Å². The van der Waals surface area contributed by atoms with Gasteiger partial charge in [-0.15, -0.1) is 23.1 Å². The number of hydrogen-bond donors (Lipinski definition) is 2. The minimum atomic E-state index is -1.04. The van der Waals surface area contributed by atoms with Gasteiger partial charge in [-0.05, 0) is 31.8 Å². The SMILES string of the molecule is CCCCCCCC(=O)SCC/C=C/C1CC(=O)NCc2nc(cs2)C2=NC(C)(CS2)C(=O)N[C@@H](C(C)C)C(=O)O1. The molecule has 2 amide bonds. The zero-order valence-corrected chi connectivity index (χ0v) is 26.9. The van der Waals surface area contributed by atoms with E-state index in [0.29, 0.717) is 35.1 Å². The Morgan fingerprint density at radius 2 is 2.02 bits per heavy atom. The fourth-order valence-electron chi connectivity index (χ4n) is 4.26. The molecule has 3 rings (SSSR count). The number of hydrogen-bond acceptors (Lipinski definition) is 10. The van der Waals surface area contributed by atoms with E-state index in [0.717, 1.165) is 17.8 Å². The molecule has 2 N–H and O–H groups in total. The number of esters is 1. The highest BCUT2D eigenvalue weighted by molar-refractivity contribution is 8.14. The molecule has 4 bridgehead atoms. The van der Waals surface area contributed by atoms with Gasteiger partial charge >= 0.3 is 5.97 Å². The van der Waals surface area contributed by atoms with Gasteiger partial charge in [-0.1, -0.05) is 64.3 Å². The van der Waals surface area contributed by atoms with Gasteiger partial charge in [-0.25, -0.2) is 9.78 Å². The van der Waals surface area contributed by atoms with Gasteiger partial charge in [0.05, 0.1) is 13.0 Å². The standard InChI is InChI=1S/C29H42N4O5S3/c1-5-6-7-8-9-13-24(35)39-14-11-10-12-20-15-22(34)30-16-23-31-21(17-40-23)26-33-29(4,18-41-26)28(37)32-25(19(2)3)27(36)38-20/h10,12,17,19-20,25H,5-9,11,13-16,18H2,1-4H3,(H,30,34)(H,32,37)/b12-10+/t20?,25-,29?/m0/s1. The molecular weight excluding hydrogens is 581 g/mol. The van der Waals surface area contributed by atoms with Gasteiger partial charge in [0.25, 0.3) is 0 Å². The number of amides is 2. The number of carbonyl (C=O) groups is 4. The van der Waals surface area contributed by atoms with Crippen molar-refractivity contribution >= 4 is 62.8 Å². The van der Waals surface area contributed by atoms with Crippen molar-refractivity contribution in [2.24, 2.45) is 10.9 Å². The zero-order chi connectivity index (χ0) is 29.8. The molecule has 0 spiro atoms. The van der Waals surface area contributed by atoms with E-state index in [1.165, 1.54) is 54.1 Å². The number of carbonyl (C=O) groups excluding carboxylic acids is 4. The minimum absolute atomic E-state index is 0.0661. The van der Waals surface area contributed by atoms with Gasteiger partial charge in [0.15, 0.2) is 5.12 Å². The van der Waals surface area contributed by atoms with Gasteiger partial charge in [-0.3, -0.25) is 19.4 Å². The maximum absolute atomic E-state index is 13.3. The predicted octanol–water partition coefficient (Wildman–Crippen LogP) is 5.03. The van der Waals surface area contributed by atoms with Crippen LogP contribution >= 0.6 is 34.9 Å². The smallest absolute Gasteiger partial charge is 0.329 e. The highest BCUT2D eigenvalue weighted by Crippen LogP contribution is 2.32. The molecule has 0 saturated carbocycles. The third-order valence-corrected chi connectivity index (χ3v) is 9.87. The summed E-state index contributed by atoms with van der Waals surface area (Å²) in [4.78, 5) is 60.7. The maximum atomic E-state index is 13.3. The Hall–Kier alpha value is -2.18. The van der Waals surface area contributed by atoms with Gasteiger partial charge in [-0.2, -0.15) is 0 Å². The van der Waals surface area contributed by atoms with Crippen molar-refractivity contribution in [3.05, 3.63) is 28.2 Å². The molecule has 12 heteroatoms. The quantitative estimate of drug-likeness (QED) is 0.200. The number of fused-ring (bicyclic) bond motifs is 4. The highest BCUT2D eigenvalue weighted by atomic mass is 32.2. The monoisotopic (exact) mass is 622 g/mol. The van der Waals surface area contributed by atoms with E-state index in [4.69, 9.17) is 4.74 Å². The Bertz CT molecular complexity index is 1140. The van der Waals surface area contributed by atoms with Crippen LogP contribution in [0.4, 0.5) is 0 Å². The van der Waals surface area contributed by atoms with Gasteiger partial charge in [0.1, 0.15) is 33.4 Å². The van der Waals surface area contributed by atoms with Crippen LogP contribution in [0.5, 0.6) is 0 Å². The summed E-state index contributed by atoms with van der Waals surface area (Å²) >= 11 is 4.18. The molecular formula is C29H42N4O5S3. The Balaban J connectivity index is 1.66. The summed E-state index contributed by atoms with van der Waals surface area (Å²) in [6, 6.07) is -0.896. The lowest BCUT2D eigenvalue weighted by Crippen LogP contribution is -2.53. The third-order valence-electron chi connectivity index (χ3n) is 6.78. The number of cyclic esters (lactones) is 1. The molecule has 1 aromatic heterocycles. The maximum Gasteiger partial charge on any atom is 0.329 e. The van der Waals surface area contributed by atoms with E-state index in [2.05, 4.69) is 27.5 Å². The average Bonchev–Trinajstić information content (AvgIpc) is 3.56. The summed E-state index contributed by atoms with van der Waals surface area (Å²) in [5.41, 5.74) is -0.354. The molecule has 3 heterocycles. The fraction of sp³-hybridized carbons (Fsp3) is 0.655. The third kappa shape index (κ3) is 10.6. The minimum Gasteiger partial charge on any atom is -0.456 e. The molecule has 3 atom stereocenters. The second-order valence-electron chi connectivity index (χ2n) is 10.9. The van der Waals surface area contributed by atoms with E-state index >= 15 is 0 Å². The normalized spacial score (nSPS) is 23.8. The van der Waals surface area contributed by atoms with Gasteiger partial charge in [0, 0.05) is 23.3 Å². The molecule has 41 heavy (non-hydrogen) atoms. The van der Waals surface area contributed by atoms with E-state index in [9.17, 15) is 19.2 Å². The molecule has 0 saturated heterocycles. The fourth-order valence-corrected chi connectivity index (χ4v) is 6.96. The van der Waals surface area contributed by atoms with Crippen LogP contribution in [0.15, 0.2) is 22.5 Å². The van der Waals surface area contributed by atoms with Crippen molar-refractivity contribution in [2.45, 2.75) is 103 Å². The Labute approximate surface area is 255 Å². The molecule has 9 nitrogen and oxygen atoms in total. The van der Waals surface area contributed by atoms with E-state index in [-0.39, 0.29) is 35.8 Å². The number of nitrogens with zero attached hydrogens (tertiary/aromatic N) is 2.